The monoisotopic (exact) mass is 428 g/mol. The summed E-state index contributed by atoms with van der Waals surface area (Å²) in [5.74, 6) is -1.14. The van der Waals surface area contributed by atoms with E-state index in [1.165, 1.54) is 24.3 Å². The van der Waals surface area contributed by atoms with Crippen LogP contribution in [0, 0.1) is 11.6 Å². The standard InChI is InChI=1S/C23H26F2N4O2/c24-16-3-1-5-18(11-16)26-22(30)14-28-10-9-21(13-28)29(20-7-8-20)15-23(31)27-19-6-2-4-17(25)12-19/h1-6,11-12,20-21H,7-10,13-15H2,(H,26,30)(H,27,31)/t21-/m0/s1. The van der Waals surface area contributed by atoms with E-state index in [0.717, 1.165) is 25.8 Å². The lowest BCUT2D eigenvalue weighted by atomic mass is 10.2. The Morgan fingerprint density at radius 2 is 1.52 bits per heavy atom. The summed E-state index contributed by atoms with van der Waals surface area (Å²) >= 11 is 0. The maximum atomic E-state index is 13.4. The lowest BCUT2D eigenvalue weighted by molar-refractivity contribution is -0.119. The molecule has 2 N–H and O–H groups in total. The first-order chi connectivity index (χ1) is 15.0. The van der Waals surface area contributed by atoms with Crippen molar-refractivity contribution in [3.05, 3.63) is 60.2 Å². The summed E-state index contributed by atoms with van der Waals surface area (Å²) in [6, 6.07) is 12.3. The van der Waals surface area contributed by atoms with Crippen LogP contribution in [0.3, 0.4) is 0 Å². The van der Waals surface area contributed by atoms with Crippen LogP contribution in [0.4, 0.5) is 20.2 Å². The minimum absolute atomic E-state index is 0.167. The maximum Gasteiger partial charge on any atom is 0.238 e. The summed E-state index contributed by atoms with van der Waals surface area (Å²) in [5.41, 5.74) is 0.886. The molecule has 164 valence electrons. The zero-order chi connectivity index (χ0) is 21.8. The molecule has 2 aliphatic rings. The topological polar surface area (TPSA) is 64.7 Å². The number of carbonyl (C=O) groups excluding carboxylic acids is 2. The number of amides is 2. The first-order valence-electron chi connectivity index (χ1n) is 10.6. The largest absolute Gasteiger partial charge is 0.325 e. The summed E-state index contributed by atoms with van der Waals surface area (Å²) in [5, 5.41) is 5.49. The van der Waals surface area contributed by atoms with Gasteiger partial charge in [0.25, 0.3) is 0 Å². The van der Waals surface area contributed by atoms with Gasteiger partial charge in [0.2, 0.25) is 11.8 Å². The van der Waals surface area contributed by atoms with E-state index < -0.39 is 5.82 Å². The van der Waals surface area contributed by atoms with E-state index in [0.29, 0.717) is 24.0 Å². The third-order valence-corrected chi connectivity index (χ3v) is 5.64. The van der Waals surface area contributed by atoms with Gasteiger partial charge in [-0.15, -0.1) is 0 Å². The molecule has 1 saturated heterocycles. The van der Waals surface area contributed by atoms with Crippen LogP contribution < -0.4 is 10.6 Å². The SMILES string of the molecule is O=C(CN1CC[C@H](N(CC(=O)Nc2cccc(F)c2)C2CC2)C1)Nc1cccc(F)c1. The molecule has 0 unspecified atom stereocenters. The van der Waals surface area contributed by atoms with Crippen LogP contribution in [0.25, 0.3) is 0 Å². The number of hydrogen-bond acceptors (Lipinski definition) is 4. The van der Waals surface area contributed by atoms with Gasteiger partial charge in [0, 0.05) is 36.5 Å². The van der Waals surface area contributed by atoms with Crippen molar-refractivity contribution in [1.82, 2.24) is 9.80 Å². The molecule has 1 heterocycles. The highest BCUT2D eigenvalue weighted by Gasteiger charge is 2.38. The van der Waals surface area contributed by atoms with Crippen LogP contribution in [-0.2, 0) is 9.59 Å². The van der Waals surface area contributed by atoms with Gasteiger partial charge in [-0.1, -0.05) is 12.1 Å². The average molecular weight is 428 g/mol. The van der Waals surface area contributed by atoms with Gasteiger partial charge in [-0.2, -0.15) is 0 Å². The molecule has 1 aliphatic heterocycles. The van der Waals surface area contributed by atoms with Crippen molar-refractivity contribution in [2.75, 3.05) is 36.8 Å². The second-order valence-corrected chi connectivity index (χ2v) is 8.20. The minimum atomic E-state index is -0.393. The normalized spacial score (nSPS) is 18.9. The van der Waals surface area contributed by atoms with Crippen molar-refractivity contribution in [1.29, 1.82) is 0 Å². The van der Waals surface area contributed by atoms with Crippen LogP contribution in [0.15, 0.2) is 48.5 Å². The molecule has 2 fully saturated rings. The molecule has 0 radical (unpaired) electrons. The Bertz CT molecular complexity index is 951. The van der Waals surface area contributed by atoms with E-state index in [1.54, 1.807) is 24.3 Å². The molecule has 0 aromatic heterocycles. The van der Waals surface area contributed by atoms with E-state index in [-0.39, 0.29) is 36.8 Å². The maximum absolute atomic E-state index is 13.4. The van der Waals surface area contributed by atoms with Gasteiger partial charge in [0.15, 0.2) is 0 Å². The highest BCUT2D eigenvalue weighted by atomic mass is 19.1. The van der Waals surface area contributed by atoms with Crippen LogP contribution in [0.5, 0.6) is 0 Å². The Labute approximate surface area is 180 Å². The number of carbonyl (C=O) groups is 2. The van der Waals surface area contributed by atoms with E-state index >= 15 is 0 Å². The third kappa shape index (κ3) is 6.08. The van der Waals surface area contributed by atoms with Gasteiger partial charge in [0.05, 0.1) is 13.1 Å². The van der Waals surface area contributed by atoms with Crippen LogP contribution in [0.1, 0.15) is 19.3 Å². The van der Waals surface area contributed by atoms with Crippen molar-refractivity contribution < 1.29 is 18.4 Å². The fraction of sp³-hybridized carbons (Fsp3) is 0.391. The summed E-state index contributed by atoms with van der Waals surface area (Å²) in [4.78, 5) is 29.1. The van der Waals surface area contributed by atoms with E-state index in [2.05, 4.69) is 20.4 Å². The van der Waals surface area contributed by atoms with Crippen molar-refractivity contribution >= 4 is 23.2 Å². The lowest BCUT2D eigenvalue weighted by Crippen LogP contribution is -2.44. The second kappa shape index (κ2) is 9.53. The van der Waals surface area contributed by atoms with Crippen LogP contribution in [-0.4, -0.2) is 59.9 Å². The molecule has 1 saturated carbocycles. The molecule has 0 spiro atoms. The first-order valence-corrected chi connectivity index (χ1v) is 10.6. The minimum Gasteiger partial charge on any atom is -0.325 e. The number of hydrogen-bond donors (Lipinski definition) is 2. The first kappa shape index (κ1) is 21.4. The molecule has 2 aromatic rings. The third-order valence-electron chi connectivity index (χ3n) is 5.64. The van der Waals surface area contributed by atoms with Crippen molar-refractivity contribution in [3.8, 4) is 0 Å². The van der Waals surface area contributed by atoms with Gasteiger partial charge in [-0.05, 0) is 55.7 Å². The molecule has 1 aliphatic carbocycles. The van der Waals surface area contributed by atoms with Crippen molar-refractivity contribution in [2.45, 2.75) is 31.3 Å². The van der Waals surface area contributed by atoms with E-state index in [9.17, 15) is 18.4 Å². The van der Waals surface area contributed by atoms with Gasteiger partial charge < -0.3 is 10.6 Å². The summed E-state index contributed by atoms with van der Waals surface area (Å²) in [7, 11) is 0. The summed E-state index contributed by atoms with van der Waals surface area (Å²) in [6.45, 7) is 1.92. The smallest absolute Gasteiger partial charge is 0.238 e. The van der Waals surface area contributed by atoms with Crippen molar-refractivity contribution in [3.63, 3.8) is 0 Å². The molecule has 1 atom stereocenters. The Balaban J connectivity index is 1.29. The zero-order valence-corrected chi connectivity index (χ0v) is 17.2. The zero-order valence-electron chi connectivity index (χ0n) is 17.2. The van der Waals surface area contributed by atoms with Crippen LogP contribution >= 0.6 is 0 Å². The Kier molecular flexibility index (Phi) is 6.58. The molecule has 2 aromatic carbocycles. The van der Waals surface area contributed by atoms with Crippen molar-refractivity contribution in [2.24, 2.45) is 0 Å². The fourth-order valence-electron chi connectivity index (χ4n) is 4.09. The molecule has 6 nitrogen and oxygen atoms in total. The Morgan fingerprint density at radius 1 is 0.903 bits per heavy atom. The van der Waals surface area contributed by atoms with Gasteiger partial charge >= 0.3 is 0 Å². The van der Waals surface area contributed by atoms with E-state index in [4.69, 9.17) is 0 Å². The number of halogens is 2. The number of nitrogens with zero attached hydrogens (tertiary/aromatic N) is 2. The number of likely N-dealkylation sites (tertiary alicyclic amines) is 1. The molecular weight excluding hydrogens is 402 g/mol. The highest BCUT2D eigenvalue weighted by Crippen LogP contribution is 2.31. The quantitative estimate of drug-likeness (QED) is 0.678. The fourth-order valence-corrected chi connectivity index (χ4v) is 4.09. The van der Waals surface area contributed by atoms with Gasteiger partial charge in [0.1, 0.15) is 11.6 Å². The number of nitrogens with one attached hydrogen (secondary N) is 2. The lowest BCUT2D eigenvalue weighted by Gasteiger charge is -2.28. The molecule has 0 bridgehead atoms. The molecule has 8 heteroatoms. The van der Waals surface area contributed by atoms with Gasteiger partial charge in [-0.3, -0.25) is 19.4 Å². The molecular formula is C23H26F2N4O2. The number of benzene rings is 2. The van der Waals surface area contributed by atoms with E-state index in [1.807, 2.05) is 0 Å². The Morgan fingerprint density at radius 3 is 2.10 bits per heavy atom. The second-order valence-electron chi connectivity index (χ2n) is 8.20. The molecule has 2 amide bonds. The van der Waals surface area contributed by atoms with Crippen LogP contribution in [0.2, 0.25) is 0 Å². The number of anilines is 2. The highest BCUT2D eigenvalue weighted by molar-refractivity contribution is 5.92. The summed E-state index contributed by atoms with van der Waals surface area (Å²) < 4.78 is 26.6. The Hall–Kier alpha value is -2.84. The van der Waals surface area contributed by atoms with Gasteiger partial charge in [-0.25, -0.2) is 8.78 Å². The summed E-state index contributed by atoms with van der Waals surface area (Å²) in [6.07, 6.45) is 2.99. The molecule has 4 rings (SSSR count). The predicted octanol–water partition coefficient (Wildman–Crippen LogP) is 3.08. The average Bonchev–Trinajstić information content (AvgIpc) is 3.45. The number of rotatable bonds is 8. The molecule has 31 heavy (non-hydrogen) atoms. The predicted molar refractivity (Wildman–Crippen MR) is 115 cm³/mol.